The van der Waals surface area contributed by atoms with Gasteiger partial charge < -0.3 is 19.5 Å². The molecule has 1 aliphatic rings. The molecule has 1 aliphatic heterocycles. The summed E-state index contributed by atoms with van der Waals surface area (Å²) >= 11 is 0. The lowest BCUT2D eigenvalue weighted by Crippen LogP contribution is -2.38. The van der Waals surface area contributed by atoms with Gasteiger partial charge in [-0.25, -0.2) is 9.78 Å². The molecule has 2 aromatic rings. The number of aromatic nitrogens is 1. The number of carbonyl (C=O) groups is 1. The highest BCUT2D eigenvalue weighted by Gasteiger charge is 2.22. The fourth-order valence-electron chi connectivity index (χ4n) is 3.03. The lowest BCUT2D eigenvalue weighted by atomic mass is 9.99. The van der Waals surface area contributed by atoms with E-state index in [-0.39, 0.29) is 5.69 Å². The number of carboxylic acid groups (broad SMARTS) is 1. The number of benzene rings is 1. The van der Waals surface area contributed by atoms with E-state index in [4.69, 9.17) is 14.6 Å². The van der Waals surface area contributed by atoms with E-state index in [1.54, 1.807) is 13.2 Å². The van der Waals surface area contributed by atoms with Gasteiger partial charge in [0.1, 0.15) is 17.3 Å². The van der Waals surface area contributed by atoms with Crippen LogP contribution in [0.25, 0.3) is 0 Å². The Labute approximate surface area is 147 Å². The van der Waals surface area contributed by atoms with Crippen LogP contribution in [0.15, 0.2) is 42.5 Å². The first-order chi connectivity index (χ1) is 12.2. The van der Waals surface area contributed by atoms with Gasteiger partial charge in [0.15, 0.2) is 5.69 Å². The summed E-state index contributed by atoms with van der Waals surface area (Å²) in [5.41, 5.74) is 0.0762. The Morgan fingerprint density at radius 3 is 2.88 bits per heavy atom. The first-order valence-electron chi connectivity index (χ1n) is 8.38. The molecule has 1 saturated heterocycles. The molecule has 0 saturated carbocycles. The van der Waals surface area contributed by atoms with E-state index in [2.05, 4.69) is 9.88 Å². The lowest BCUT2D eigenvalue weighted by molar-refractivity contribution is 0.0690. The van der Waals surface area contributed by atoms with Gasteiger partial charge in [-0.2, -0.15) is 0 Å². The average Bonchev–Trinajstić information content (AvgIpc) is 2.67. The van der Waals surface area contributed by atoms with Gasteiger partial charge in [-0.1, -0.05) is 12.1 Å². The molecule has 0 spiro atoms. The lowest BCUT2D eigenvalue weighted by Gasteiger charge is -2.33. The molecule has 2 heterocycles. The number of hydrogen-bond acceptors (Lipinski definition) is 5. The van der Waals surface area contributed by atoms with E-state index in [9.17, 15) is 4.79 Å². The molecule has 6 nitrogen and oxygen atoms in total. The molecule has 1 aromatic carbocycles. The molecule has 0 unspecified atom stereocenters. The molecule has 132 valence electrons. The van der Waals surface area contributed by atoms with Crippen molar-refractivity contribution in [3.8, 4) is 11.5 Å². The van der Waals surface area contributed by atoms with E-state index in [1.165, 1.54) is 6.07 Å². The number of methoxy groups -OCH3 is 1. The van der Waals surface area contributed by atoms with Crippen LogP contribution in [0, 0.1) is 5.92 Å². The maximum atomic E-state index is 11.1. The largest absolute Gasteiger partial charge is 0.497 e. The third kappa shape index (κ3) is 4.41. The highest BCUT2D eigenvalue weighted by atomic mass is 16.5. The molecule has 1 N–H and O–H groups in total. The zero-order chi connectivity index (χ0) is 17.6. The monoisotopic (exact) mass is 342 g/mol. The third-order valence-electron chi connectivity index (χ3n) is 4.32. The van der Waals surface area contributed by atoms with Crippen molar-refractivity contribution < 1.29 is 19.4 Å². The second-order valence-electron chi connectivity index (χ2n) is 6.13. The van der Waals surface area contributed by atoms with Crippen LogP contribution in [-0.4, -0.2) is 42.9 Å². The normalized spacial score (nSPS) is 17.2. The number of piperidine rings is 1. The van der Waals surface area contributed by atoms with Crippen molar-refractivity contribution in [3.05, 3.63) is 48.2 Å². The van der Waals surface area contributed by atoms with E-state index >= 15 is 0 Å². The van der Waals surface area contributed by atoms with Crippen molar-refractivity contribution in [2.45, 2.75) is 12.8 Å². The molecular weight excluding hydrogens is 320 g/mol. The van der Waals surface area contributed by atoms with Crippen LogP contribution in [0.5, 0.6) is 11.5 Å². The molecule has 1 fully saturated rings. The van der Waals surface area contributed by atoms with Gasteiger partial charge in [-0.15, -0.1) is 0 Å². The molecule has 0 radical (unpaired) electrons. The number of carboxylic acids is 1. The van der Waals surface area contributed by atoms with E-state index in [1.807, 2.05) is 30.3 Å². The van der Waals surface area contributed by atoms with Crippen LogP contribution < -0.4 is 14.4 Å². The number of pyridine rings is 1. The average molecular weight is 342 g/mol. The smallest absolute Gasteiger partial charge is 0.354 e. The van der Waals surface area contributed by atoms with Gasteiger partial charge in [0.2, 0.25) is 0 Å². The van der Waals surface area contributed by atoms with Crippen molar-refractivity contribution in [1.29, 1.82) is 0 Å². The Balaban J connectivity index is 1.61. The molecule has 0 aliphatic carbocycles. The predicted molar refractivity (Wildman–Crippen MR) is 94.6 cm³/mol. The van der Waals surface area contributed by atoms with Crippen LogP contribution in [0.2, 0.25) is 0 Å². The number of rotatable bonds is 6. The summed E-state index contributed by atoms with van der Waals surface area (Å²) in [5, 5.41) is 9.10. The molecule has 0 amide bonds. The van der Waals surface area contributed by atoms with Gasteiger partial charge in [0.25, 0.3) is 0 Å². The van der Waals surface area contributed by atoms with E-state index < -0.39 is 5.97 Å². The molecule has 6 heteroatoms. The van der Waals surface area contributed by atoms with Crippen LogP contribution in [-0.2, 0) is 0 Å². The van der Waals surface area contributed by atoms with Gasteiger partial charge in [-0.05, 0) is 37.1 Å². The molecular formula is C19H22N2O4. The summed E-state index contributed by atoms with van der Waals surface area (Å²) in [5.74, 6) is 1.65. The minimum atomic E-state index is -1.00. The van der Waals surface area contributed by atoms with Crippen molar-refractivity contribution in [2.24, 2.45) is 5.92 Å². The summed E-state index contributed by atoms with van der Waals surface area (Å²) in [4.78, 5) is 17.5. The zero-order valence-electron chi connectivity index (χ0n) is 14.2. The number of aromatic carboxylic acids is 1. The van der Waals surface area contributed by atoms with E-state index in [0.717, 1.165) is 37.4 Å². The van der Waals surface area contributed by atoms with Crippen molar-refractivity contribution in [1.82, 2.24) is 4.98 Å². The SMILES string of the molecule is COc1cccc(OC[C@H]2CCCN(c3cccc(C(=O)O)n3)C2)c1. The van der Waals surface area contributed by atoms with Crippen molar-refractivity contribution in [3.63, 3.8) is 0 Å². The summed E-state index contributed by atoms with van der Waals surface area (Å²) in [6.07, 6.45) is 2.12. The minimum absolute atomic E-state index is 0.0762. The Morgan fingerprint density at radius 2 is 2.08 bits per heavy atom. The van der Waals surface area contributed by atoms with Crippen LogP contribution in [0.3, 0.4) is 0 Å². The molecule has 1 aromatic heterocycles. The van der Waals surface area contributed by atoms with Crippen LogP contribution in [0.1, 0.15) is 23.3 Å². The summed E-state index contributed by atoms with van der Waals surface area (Å²) in [6, 6.07) is 12.7. The first kappa shape index (κ1) is 17.1. The second-order valence-corrected chi connectivity index (χ2v) is 6.13. The fraction of sp³-hybridized carbons (Fsp3) is 0.368. The van der Waals surface area contributed by atoms with Gasteiger partial charge in [0.05, 0.1) is 13.7 Å². The van der Waals surface area contributed by atoms with Crippen molar-refractivity contribution >= 4 is 11.8 Å². The summed E-state index contributed by atoms with van der Waals surface area (Å²) < 4.78 is 11.1. The fourth-order valence-corrected chi connectivity index (χ4v) is 3.03. The van der Waals surface area contributed by atoms with E-state index in [0.29, 0.717) is 18.3 Å². The Morgan fingerprint density at radius 1 is 1.28 bits per heavy atom. The molecule has 25 heavy (non-hydrogen) atoms. The van der Waals surface area contributed by atoms with Crippen molar-refractivity contribution in [2.75, 3.05) is 31.7 Å². The maximum Gasteiger partial charge on any atom is 0.354 e. The number of hydrogen-bond donors (Lipinski definition) is 1. The number of anilines is 1. The third-order valence-corrected chi connectivity index (χ3v) is 4.32. The topological polar surface area (TPSA) is 71.9 Å². The molecule has 3 rings (SSSR count). The van der Waals surface area contributed by atoms with Crippen LogP contribution >= 0.6 is 0 Å². The highest BCUT2D eigenvalue weighted by Crippen LogP contribution is 2.24. The van der Waals surface area contributed by atoms with Gasteiger partial charge in [-0.3, -0.25) is 0 Å². The molecule has 1 atom stereocenters. The number of ether oxygens (including phenoxy) is 2. The predicted octanol–water partition coefficient (Wildman–Crippen LogP) is 3.08. The second kappa shape index (κ2) is 7.88. The Hall–Kier alpha value is -2.76. The standard InChI is InChI=1S/C19H22N2O4/c1-24-15-6-2-7-16(11-15)25-13-14-5-4-10-21(12-14)18-9-3-8-17(20-18)19(22)23/h2-3,6-9,11,14H,4-5,10,12-13H2,1H3,(H,22,23)/t14-/m0/s1. The number of nitrogens with zero attached hydrogens (tertiary/aromatic N) is 2. The summed E-state index contributed by atoms with van der Waals surface area (Å²) in [6.45, 7) is 2.30. The Kier molecular flexibility index (Phi) is 5.38. The minimum Gasteiger partial charge on any atom is -0.497 e. The van der Waals surface area contributed by atoms with Gasteiger partial charge in [0, 0.05) is 25.1 Å². The Bertz CT molecular complexity index is 735. The zero-order valence-corrected chi connectivity index (χ0v) is 14.2. The summed E-state index contributed by atoms with van der Waals surface area (Å²) in [7, 11) is 1.64. The highest BCUT2D eigenvalue weighted by molar-refractivity contribution is 5.85. The first-order valence-corrected chi connectivity index (χ1v) is 8.38. The van der Waals surface area contributed by atoms with Gasteiger partial charge >= 0.3 is 5.97 Å². The maximum absolute atomic E-state index is 11.1. The van der Waals surface area contributed by atoms with Crippen LogP contribution in [0.4, 0.5) is 5.82 Å². The molecule has 0 bridgehead atoms. The quantitative estimate of drug-likeness (QED) is 0.870.